The molecule has 2 saturated heterocycles. The van der Waals surface area contributed by atoms with Crippen LogP contribution in [0.5, 0.6) is 0 Å². The van der Waals surface area contributed by atoms with Gasteiger partial charge in [-0.3, -0.25) is 9.69 Å². The Balaban J connectivity index is 1.31. The highest BCUT2D eigenvalue weighted by Gasteiger charge is 2.64. The third-order valence-electron chi connectivity index (χ3n) is 11.8. The first-order valence-electron chi connectivity index (χ1n) is 13.4. The Morgan fingerprint density at radius 3 is 2.52 bits per heavy atom. The van der Waals surface area contributed by atoms with Crippen LogP contribution in [0.15, 0.2) is 0 Å². The fourth-order valence-electron chi connectivity index (χ4n) is 10.4. The van der Waals surface area contributed by atoms with Gasteiger partial charge in [-0.25, -0.2) is 0 Å². The van der Waals surface area contributed by atoms with Gasteiger partial charge in [-0.1, -0.05) is 13.8 Å². The maximum absolute atomic E-state index is 13.2. The van der Waals surface area contributed by atoms with Crippen molar-refractivity contribution in [3.63, 3.8) is 0 Å². The molecular formula is C27H43NO3. The van der Waals surface area contributed by atoms with E-state index in [0.29, 0.717) is 53.8 Å². The fourth-order valence-corrected chi connectivity index (χ4v) is 10.4. The molecule has 6 aliphatic rings. The van der Waals surface area contributed by atoms with Crippen LogP contribution in [0, 0.1) is 52.8 Å². The molecule has 4 heteroatoms. The second-order valence-corrected chi connectivity index (χ2v) is 13.2. The summed E-state index contributed by atoms with van der Waals surface area (Å²) < 4.78 is 0. The van der Waals surface area contributed by atoms with Crippen molar-refractivity contribution in [3.05, 3.63) is 0 Å². The Hall–Kier alpha value is -0.450. The van der Waals surface area contributed by atoms with E-state index in [4.69, 9.17) is 0 Å². The van der Waals surface area contributed by atoms with Gasteiger partial charge in [-0.2, -0.15) is 0 Å². The van der Waals surface area contributed by atoms with Crippen LogP contribution in [0.4, 0.5) is 0 Å². The summed E-state index contributed by atoms with van der Waals surface area (Å²) in [7, 11) is 0. The molecule has 6 rings (SSSR count). The van der Waals surface area contributed by atoms with E-state index in [9.17, 15) is 15.0 Å². The van der Waals surface area contributed by atoms with Crippen molar-refractivity contribution in [2.24, 2.45) is 52.8 Å². The lowest BCUT2D eigenvalue weighted by Crippen LogP contribution is -2.67. The minimum Gasteiger partial charge on any atom is -0.393 e. The van der Waals surface area contributed by atoms with Crippen LogP contribution in [0.25, 0.3) is 0 Å². The van der Waals surface area contributed by atoms with Gasteiger partial charge in [-0.05, 0) is 105 Å². The van der Waals surface area contributed by atoms with Crippen LogP contribution >= 0.6 is 0 Å². The topological polar surface area (TPSA) is 60.8 Å². The number of hydrogen-bond acceptors (Lipinski definition) is 4. The van der Waals surface area contributed by atoms with Crippen molar-refractivity contribution in [1.29, 1.82) is 0 Å². The number of aliphatic hydroxyl groups excluding tert-OH is 1. The quantitative estimate of drug-likeness (QED) is 0.613. The molecule has 31 heavy (non-hydrogen) atoms. The van der Waals surface area contributed by atoms with Crippen molar-refractivity contribution in [1.82, 2.24) is 4.90 Å². The van der Waals surface area contributed by atoms with Crippen molar-refractivity contribution >= 4 is 5.78 Å². The number of hydrogen-bond donors (Lipinski definition) is 2. The second kappa shape index (κ2) is 7.03. The minimum absolute atomic E-state index is 0.0789. The highest BCUT2D eigenvalue weighted by Crippen LogP contribution is 2.66. The third kappa shape index (κ3) is 2.93. The molecule has 4 aliphatic carbocycles. The SMILES string of the molecule is C[C@H]1CC[C@@H]2N(C1)C[C@H]1[C@@H]3C[C@H]4[C@@H](CC(=O)[C@H]5C[C@@H](O)CC[C@@]54C)[C@@H]3CC[C@@H]1[C@]2(C)O. The zero-order valence-corrected chi connectivity index (χ0v) is 19.8. The van der Waals surface area contributed by atoms with Crippen molar-refractivity contribution in [3.8, 4) is 0 Å². The molecule has 0 bridgehead atoms. The van der Waals surface area contributed by atoms with Gasteiger partial charge in [0.05, 0.1) is 11.7 Å². The number of fused-ring (bicyclic) bond motifs is 8. The summed E-state index contributed by atoms with van der Waals surface area (Å²) in [6.07, 6.45) is 9.08. The van der Waals surface area contributed by atoms with Crippen LogP contribution in [0.3, 0.4) is 0 Å². The van der Waals surface area contributed by atoms with E-state index in [1.54, 1.807) is 0 Å². The molecule has 6 fully saturated rings. The molecule has 0 amide bonds. The minimum atomic E-state index is -0.570. The molecular weight excluding hydrogens is 386 g/mol. The molecule has 0 aromatic carbocycles. The van der Waals surface area contributed by atoms with Gasteiger partial charge in [0.1, 0.15) is 5.78 Å². The summed E-state index contributed by atoms with van der Waals surface area (Å²) >= 11 is 0. The van der Waals surface area contributed by atoms with Crippen LogP contribution < -0.4 is 0 Å². The van der Waals surface area contributed by atoms with Crippen LogP contribution in [-0.4, -0.2) is 51.7 Å². The smallest absolute Gasteiger partial charge is 0.136 e. The second-order valence-electron chi connectivity index (χ2n) is 13.2. The average molecular weight is 430 g/mol. The average Bonchev–Trinajstić information content (AvgIpc) is 3.09. The van der Waals surface area contributed by atoms with Crippen molar-refractivity contribution < 1.29 is 15.0 Å². The number of piperidine rings is 2. The fraction of sp³-hybridized carbons (Fsp3) is 0.963. The Labute approximate surface area is 188 Å². The van der Waals surface area contributed by atoms with E-state index in [1.165, 1.54) is 25.8 Å². The van der Waals surface area contributed by atoms with Crippen LogP contribution in [-0.2, 0) is 4.79 Å². The summed E-state index contributed by atoms with van der Waals surface area (Å²) in [6.45, 7) is 9.23. The highest BCUT2D eigenvalue weighted by molar-refractivity contribution is 5.83. The summed E-state index contributed by atoms with van der Waals surface area (Å²) in [4.78, 5) is 15.9. The number of carbonyl (C=O) groups is 1. The molecule has 2 N–H and O–H groups in total. The van der Waals surface area contributed by atoms with Crippen LogP contribution in [0.2, 0.25) is 0 Å². The van der Waals surface area contributed by atoms with Crippen molar-refractivity contribution in [2.45, 2.75) is 96.3 Å². The van der Waals surface area contributed by atoms with E-state index in [2.05, 4.69) is 25.7 Å². The van der Waals surface area contributed by atoms with E-state index in [0.717, 1.165) is 44.6 Å². The number of aliphatic hydroxyl groups is 2. The molecule has 0 spiro atoms. The largest absolute Gasteiger partial charge is 0.393 e. The predicted molar refractivity (Wildman–Crippen MR) is 120 cm³/mol. The van der Waals surface area contributed by atoms with E-state index >= 15 is 0 Å². The Morgan fingerprint density at radius 1 is 0.903 bits per heavy atom. The monoisotopic (exact) mass is 429 g/mol. The van der Waals surface area contributed by atoms with E-state index < -0.39 is 5.60 Å². The highest BCUT2D eigenvalue weighted by atomic mass is 16.3. The molecule has 0 radical (unpaired) electrons. The summed E-state index contributed by atoms with van der Waals surface area (Å²) in [5.41, 5.74) is -0.482. The number of rotatable bonds is 0. The number of ketones is 1. The lowest BCUT2D eigenvalue weighted by atomic mass is 9.51. The van der Waals surface area contributed by atoms with E-state index in [-0.39, 0.29) is 17.4 Å². The van der Waals surface area contributed by atoms with Gasteiger partial charge in [-0.15, -0.1) is 0 Å². The number of nitrogens with zero attached hydrogens (tertiary/aromatic N) is 1. The van der Waals surface area contributed by atoms with Gasteiger partial charge in [0.25, 0.3) is 0 Å². The normalized spacial score (nSPS) is 59.2. The van der Waals surface area contributed by atoms with Gasteiger partial charge < -0.3 is 10.2 Å². The summed E-state index contributed by atoms with van der Waals surface area (Å²) in [5.74, 6) is 4.82. The lowest BCUT2D eigenvalue weighted by molar-refractivity contribution is -0.175. The molecule has 0 aromatic heterocycles. The summed E-state index contributed by atoms with van der Waals surface area (Å²) in [6, 6.07) is 0.341. The van der Waals surface area contributed by atoms with Crippen LogP contribution in [0.1, 0.15) is 78.6 Å². The zero-order chi connectivity index (χ0) is 21.7. The molecule has 4 saturated carbocycles. The molecule has 2 aliphatic heterocycles. The predicted octanol–water partition coefficient (Wildman–Crippen LogP) is 3.89. The molecule has 4 nitrogen and oxygen atoms in total. The zero-order valence-electron chi connectivity index (χ0n) is 19.8. The van der Waals surface area contributed by atoms with Gasteiger partial charge >= 0.3 is 0 Å². The van der Waals surface area contributed by atoms with E-state index in [1.807, 2.05) is 0 Å². The molecule has 2 heterocycles. The standard InChI is InChI=1S/C27H43NO3/c1-15-4-7-25-27(3,31)21-6-5-17-18(20(21)14-28(25)13-15)11-22-19(17)12-24(30)23-10-16(29)8-9-26(22,23)2/h15-23,25,29,31H,4-14H2,1-3H3/t15-,16-,17+,18+,19-,20-,21-,22-,23+,25-,26+,27-/m0/s1. The summed E-state index contributed by atoms with van der Waals surface area (Å²) in [5, 5.41) is 22.1. The van der Waals surface area contributed by atoms with Gasteiger partial charge in [0.2, 0.25) is 0 Å². The van der Waals surface area contributed by atoms with Gasteiger partial charge in [0.15, 0.2) is 0 Å². The Morgan fingerprint density at radius 2 is 1.71 bits per heavy atom. The lowest BCUT2D eigenvalue weighted by Gasteiger charge is -2.59. The first-order valence-corrected chi connectivity index (χ1v) is 13.4. The Bertz CT molecular complexity index is 751. The molecule has 0 unspecified atom stereocenters. The van der Waals surface area contributed by atoms with Crippen molar-refractivity contribution in [2.75, 3.05) is 13.1 Å². The molecule has 174 valence electrons. The third-order valence-corrected chi connectivity index (χ3v) is 11.8. The molecule has 0 aromatic rings. The molecule has 12 atom stereocenters. The Kier molecular flexibility index (Phi) is 4.78. The maximum atomic E-state index is 13.2. The van der Waals surface area contributed by atoms with Gasteiger partial charge in [0, 0.05) is 31.5 Å². The first-order chi connectivity index (χ1) is 14.7. The number of Topliss-reactive ketones (excluding diaryl/α,β-unsaturated/α-hetero) is 1. The maximum Gasteiger partial charge on any atom is 0.136 e. The number of carbonyl (C=O) groups excluding carboxylic acids is 1. The first kappa shape index (κ1) is 21.1.